The van der Waals surface area contributed by atoms with Gasteiger partial charge in [0, 0.05) is 0 Å². The number of carbonyl (C=O) groups excluding carboxylic acids is 1. The number of carbonyl (C=O) groups is 1. The van der Waals surface area contributed by atoms with Crippen LogP contribution in [0.3, 0.4) is 0 Å². The van der Waals surface area contributed by atoms with Crippen molar-refractivity contribution in [2.45, 2.75) is 38.0 Å². The fourth-order valence-corrected chi connectivity index (χ4v) is 1.76. The second kappa shape index (κ2) is 2.99. The van der Waals surface area contributed by atoms with Crippen molar-refractivity contribution < 1.29 is 9.53 Å². The van der Waals surface area contributed by atoms with Crippen molar-refractivity contribution >= 4 is 11.9 Å². The van der Waals surface area contributed by atoms with Crippen LogP contribution in [0.15, 0.2) is 4.99 Å². The van der Waals surface area contributed by atoms with E-state index < -0.39 is 6.04 Å². The molecule has 2 aliphatic rings. The van der Waals surface area contributed by atoms with E-state index in [4.69, 9.17) is 10.5 Å². The van der Waals surface area contributed by atoms with Gasteiger partial charge in [0.05, 0.1) is 12.2 Å². The number of nitrogens with two attached hydrogens (primary N) is 1. The third kappa shape index (κ3) is 1.51. The van der Waals surface area contributed by atoms with Crippen LogP contribution in [0, 0.1) is 0 Å². The van der Waals surface area contributed by atoms with Crippen LogP contribution in [0.5, 0.6) is 0 Å². The van der Waals surface area contributed by atoms with E-state index in [0.29, 0.717) is 0 Å². The molecule has 0 aliphatic carbocycles. The molecule has 13 heavy (non-hydrogen) atoms. The van der Waals surface area contributed by atoms with Crippen LogP contribution in [0.25, 0.3) is 0 Å². The van der Waals surface area contributed by atoms with Gasteiger partial charge in [0.15, 0.2) is 12.0 Å². The minimum Gasteiger partial charge on any atom is -0.372 e. The normalized spacial score (nSPS) is 39.0. The molecule has 0 bridgehead atoms. The maximum absolute atomic E-state index is 11.3. The Labute approximate surface area is 76.3 Å². The first-order chi connectivity index (χ1) is 6.16. The molecule has 0 radical (unpaired) electrons. The number of aliphatic imine (C=N–C) groups is 1. The molecule has 1 amide bonds. The van der Waals surface area contributed by atoms with Crippen molar-refractivity contribution in [1.29, 1.82) is 0 Å². The van der Waals surface area contributed by atoms with Crippen molar-refractivity contribution in [3.8, 4) is 0 Å². The van der Waals surface area contributed by atoms with E-state index >= 15 is 0 Å². The molecule has 3 unspecified atom stereocenters. The quantitative estimate of drug-likeness (QED) is 0.568. The van der Waals surface area contributed by atoms with Crippen LogP contribution in [-0.2, 0) is 9.53 Å². The van der Waals surface area contributed by atoms with Gasteiger partial charge in [-0.2, -0.15) is 0 Å². The molecule has 0 spiro atoms. The molecule has 0 aromatic rings. The van der Waals surface area contributed by atoms with E-state index in [1.807, 2.05) is 6.92 Å². The maximum Gasteiger partial charge on any atom is 0.254 e. The van der Waals surface area contributed by atoms with Crippen LogP contribution >= 0.6 is 0 Å². The Morgan fingerprint density at radius 3 is 2.85 bits per heavy atom. The highest BCUT2D eigenvalue weighted by Crippen LogP contribution is 2.24. The molecule has 1 fully saturated rings. The lowest BCUT2D eigenvalue weighted by Crippen LogP contribution is -2.37. The molecule has 2 heterocycles. The summed E-state index contributed by atoms with van der Waals surface area (Å²) in [6.45, 7) is 2.00. The summed E-state index contributed by atoms with van der Waals surface area (Å²) in [5.41, 5.74) is 5.38. The molecule has 0 aromatic heterocycles. The summed E-state index contributed by atoms with van der Waals surface area (Å²) < 4.78 is 5.54. The van der Waals surface area contributed by atoms with Crippen molar-refractivity contribution in [2.24, 2.45) is 10.7 Å². The zero-order chi connectivity index (χ0) is 9.42. The van der Waals surface area contributed by atoms with E-state index in [2.05, 4.69) is 10.3 Å². The SMILES string of the molecule is CC1CCC(C2N=C(N)NC2=O)O1. The molecule has 1 saturated heterocycles. The van der Waals surface area contributed by atoms with Gasteiger partial charge >= 0.3 is 0 Å². The average Bonchev–Trinajstić information content (AvgIpc) is 2.58. The number of nitrogens with zero attached hydrogens (tertiary/aromatic N) is 1. The Hall–Kier alpha value is -1.10. The number of amides is 1. The largest absolute Gasteiger partial charge is 0.372 e. The molecule has 2 aliphatic heterocycles. The lowest BCUT2D eigenvalue weighted by Gasteiger charge is -2.13. The van der Waals surface area contributed by atoms with E-state index in [-0.39, 0.29) is 24.1 Å². The van der Waals surface area contributed by atoms with Gasteiger partial charge in [0.2, 0.25) is 0 Å². The summed E-state index contributed by atoms with van der Waals surface area (Å²) in [4.78, 5) is 15.3. The molecule has 72 valence electrons. The fraction of sp³-hybridized carbons (Fsp3) is 0.750. The number of nitrogens with one attached hydrogen (secondary N) is 1. The van der Waals surface area contributed by atoms with Gasteiger partial charge in [-0.3, -0.25) is 10.1 Å². The van der Waals surface area contributed by atoms with Gasteiger partial charge in [-0.15, -0.1) is 0 Å². The van der Waals surface area contributed by atoms with Crippen LogP contribution in [0.1, 0.15) is 19.8 Å². The Morgan fingerprint density at radius 2 is 2.38 bits per heavy atom. The highest BCUT2D eigenvalue weighted by Gasteiger charge is 2.37. The van der Waals surface area contributed by atoms with Crippen molar-refractivity contribution in [3.63, 3.8) is 0 Å². The number of guanidine groups is 1. The second-order valence-corrected chi connectivity index (χ2v) is 3.51. The topological polar surface area (TPSA) is 76.7 Å². The Bertz CT molecular complexity index is 264. The number of rotatable bonds is 1. The summed E-state index contributed by atoms with van der Waals surface area (Å²) in [6.07, 6.45) is 2.02. The van der Waals surface area contributed by atoms with Crippen LogP contribution in [0.2, 0.25) is 0 Å². The molecule has 3 atom stereocenters. The highest BCUT2D eigenvalue weighted by atomic mass is 16.5. The summed E-state index contributed by atoms with van der Waals surface area (Å²) in [5, 5.41) is 2.47. The van der Waals surface area contributed by atoms with Gasteiger partial charge in [-0.25, -0.2) is 4.99 Å². The lowest BCUT2D eigenvalue weighted by atomic mass is 10.1. The van der Waals surface area contributed by atoms with Gasteiger partial charge in [-0.1, -0.05) is 0 Å². The van der Waals surface area contributed by atoms with E-state index in [9.17, 15) is 4.79 Å². The van der Waals surface area contributed by atoms with Gasteiger partial charge in [0.1, 0.15) is 0 Å². The molecule has 5 heteroatoms. The van der Waals surface area contributed by atoms with Crippen molar-refractivity contribution in [1.82, 2.24) is 5.32 Å². The lowest BCUT2D eigenvalue weighted by molar-refractivity contribution is -0.123. The molecular formula is C8H13N3O2. The molecular weight excluding hydrogens is 170 g/mol. The Kier molecular flexibility index (Phi) is 1.95. The first-order valence-electron chi connectivity index (χ1n) is 4.46. The number of hydrogen-bond donors (Lipinski definition) is 2. The Morgan fingerprint density at radius 1 is 1.62 bits per heavy atom. The predicted molar refractivity (Wildman–Crippen MR) is 47.1 cm³/mol. The molecule has 3 N–H and O–H groups in total. The summed E-state index contributed by atoms with van der Waals surface area (Å²) in [7, 11) is 0. The minimum absolute atomic E-state index is 0.0870. The maximum atomic E-state index is 11.3. The zero-order valence-electron chi connectivity index (χ0n) is 7.49. The third-order valence-corrected chi connectivity index (χ3v) is 2.42. The van der Waals surface area contributed by atoms with E-state index in [1.54, 1.807) is 0 Å². The molecule has 0 aromatic carbocycles. The highest BCUT2D eigenvalue weighted by molar-refractivity contribution is 6.04. The fourth-order valence-electron chi connectivity index (χ4n) is 1.76. The summed E-state index contributed by atoms with van der Waals surface area (Å²) in [5.74, 6) is 0.0646. The zero-order valence-corrected chi connectivity index (χ0v) is 7.49. The van der Waals surface area contributed by atoms with Crippen molar-refractivity contribution in [2.75, 3.05) is 0 Å². The minimum atomic E-state index is -0.426. The Balaban J connectivity index is 2.05. The van der Waals surface area contributed by atoms with E-state index in [1.165, 1.54) is 0 Å². The predicted octanol–water partition coefficient (Wildman–Crippen LogP) is -0.633. The molecule has 0 saturated carbocycles. The third-order valence-electron chi connectivity index (χ3n) is 2.42. The van der Waals surface area contributed by atoms with Gasteiger partial charge in [-0.05, 0) is 19.8 Å². The van der Waals surface area contributed by atoms with Crippen LogP contribution in [-0.4, -0.2) is 30.1 Å². The smallest absolute Gasteiger partial charge is 0.254 e. The van der Waals surface area contributed by atoms with Gasteiger partial charge in [0.25, 0.3) is 5.91 Å². The second-order valence-electron chi connectivity index (χ2n) is 3.51. The first kappa shape index (κ1) is 8.50. The first-order valence-corrected chi connectivity index (χ1v) is 4.46. The number of ether oxygens (including phenoxy) is 1. The van der Waals surface area contributed by atoms with Crippen LogP contribution < -0.4 is 11.1 Å². The van der Waals surface area contributed by atoms with E-state index in [0.717, 1.165) is 12.8 Å². The molecule has 2 rings (SSSR count). The van der Waals surface area contributed by atoms with Crippen molar-refractivity contribution in [3.05, 3.63) is 0 Å². The summed E-state index contributed by atoms with van der Waals surface area (Å²) >= 11 is 0. The molecule has 5 nitrogen and oxygen atoms in total. The standard InChI is InChI=1S/C8H13N3O2/c1-4-2-3-5(13-4)6-7(12)11-8(9)10-6/h4-6H,2-3H2,1H3,(H3,9,10,11,12). The number of hydrogen-bond acceptors (Lipinski definition) is 4. The average molecular weight is 183 g/mol. The summed E-state index contributed by atoms with van der Waals surface area (Å²) in [6, 6.07) is -0.426. The monoisotopic (exact) mass is 183 g/mol. The van der Waals surface area contributed by atoms with Crippen LogP contribution in [0.4, 0.5) is 0 Å². The van der Waals surface area contributed by atoms with Gasteiger partial charge < -0.3 is 10.5 Å².